The maximum absolute atomic E-state index is 13.2. The molecule has 5 rings (SSSR count). The fraction of sp³-hybridized carbons (Fsp3) is 0.944. The summed E-state index contributed by atoms with van der Waals surface area (Å²) < 4.78 is 5.85. The average Bonchev–Trinajstić information content (AvgIpc) is 2.45. The van der Waals surface area contributed by atoms with Crippen molar-refractivity contribution < 1.29 is 9.53 Å². The zero-order chi connectivity index (χ0) is 15.3. The summed E-state index contributed by atoms with van der Waals surface area (Å²) in [5, 5.41) is 0. The molecule has 1 unspecified atom stereocenters. The molecule has 4 saturated carbocycles. The van der Waals surface area contributed by atoms with E-state index in [0.717, 1.165) is 63.3 Å². The molecular formula is C18H30N2O2. The van der Waals surface area contributed by atoms with Crippen LogP contribution in [0.3, 0.4) is 0 Å². The van der Waals surface area contributed by atoms with Crippen LogP contribution in [0.4, 0.5) is 0 Å². The Bertz CT molecular complexity index is 415. The summed E-state index contributed by atoms with van der Waals surface area (Å²) in [6.45, 7) is 3.49. The topological polar surface area (TPSA) is 32.8 Å². The van der Waals surface area contributed by atoms with E-state index in [1.807, 2.05) is 11.9 Å². The van der Waals surface area contributed by atoms with Gasteiger partial charge in [0.2, 0.25) is 5.91 Å². The summed E-state index contributed by atoms with van der Waals surface area (Å²) in [5.41, 5.74) is -0.00985. The summed E-state index contributed by atoms with van der Waals surface area (Å²) in [4.78, 5) is 17.5. The van der Waals surface area contributed by atoms with Crippen molar-refractivity contribution in [3.05, 3.63) is 0 Å². The molecule has 1 heterocycles. The molecule has 1 aliphatic heterocycles. The molecule has 1 atom stereocenters. The Morgan fingerprint density at radius 1 is 1.18 bits per heavy atom. The van der Waals surface area contributed by atoms with Gasteiger partial charge < -0.3 is 14.5 Å². The van der Waals surface area contributed by atoms with Gasteiger partial charge in [-0.2, -0.15) is 0 Å². The number of carbonyl (C=O) groups is 1. The summed E-state index contributed by atoms with van der Waals surface area (Å²) in [6.07, 6.45) is 7.85. The first-order valence-corrected chi connectivity index (χ1v) is 9.10. The van der Waals surface area contributed by atoms with Crippen molar-refractivity contribution in [2.24, 2.45) is 23.2 Å². The summed E-state index contributed by atoms with van der Waals surface area (Å²) >= 11 is 0. The zero-order valence-corrected chi connectivity index (χ0v) is 14.1. The quantitative estimate of drug-likeness (QED) is 0.799. The maximum atomic E-state index is 13.2. The monoisotopic (exact) mass is 306 g/mol. The highest BCUT2D eigenvalue weighted by atomic mass is 16.5. The van der Waals surface area contributed by atoms with Crippen LogP contribution in [0, 0.1) is 23.2 Å². The first-order chi connectivity index (χ1) is 10.5. The predicted molar refractivity (Wildman–Crippen MR) is 85.5 cm³/mol. The SMILES string of the molecule is CN1CCOC(CN(C)C(=O)C23CC4CC(CC(C4)C2)C3)C1. The Kier molecular flexibility index (Phi) is 3.73. The number of carbonyl (C=O) groups excluding carboxylic acids is 1. The van der Waals surface area contributed by atoms with Crippen LogP contribution >= 0.6 is 0 Å². The van der Waals surface area contributed by atoms with E-state index >= 15 is 0 Å². The number of morpholine rings is 1. The normalized spacial score (nSPS) is 44.3. The summed E-state index contributed by atoms with van der Waals surface area (Å²) in [7, 11) is 4.13. The van der Waals surface area contributed by atoms with Gasteiger partial charge in [-0.3, -0.25) is 4.79 Å². The number of amides is 1. The van der Waals surface area contributed by atoms with Gasteiger partial charge in [-0.15, -0.1) is 0 Å². The first-order valence-electron chi connectivity index (χ1n) is 9.10. The molecule has 0 aromatic rings. The van der Waals surface area contributed by atoms with Gasteiger partial charge in [0.05, 0.1) is 18.1 Å². The van der Waals surface area contributed by atoms with Gasteiger partial charge in [0.15, 0.2) is 0 Å². The lowest BCUT2D eigenvalue weighted by Gasteiger charge is -2.56. The number of nitrogens with zero attached hydrogens (tertiary/aromatic N) is 2. The molecule has 0 radical (unpaired) electrons. The van der Waals surface area contributed by atoms with Crippen molar-refractivity contribution in [2.45, 2.75) is 44.6 Å². The molecule has 5 fully saturated rings. The maximum Gasteiger partial charge on any atom is 0.228 e. The minimum absolute atomic E-state index is 0.00985. The molecule has 4 heteroatoms. The molecule has 0 aromatic heterocycles. The number of rotatable bonds is 3. The van der Waals surface area contributed by atoms with Crippen LogP contribution in [0.2, 0.25) is 0 Å². The van der Waals surface area contributed by atoms with Crippen molar-refractivity contribution in [3.8, 4) is 0 Å². The van der Waals surface area contributed by atoms with Gasteiger partial charge in [0.1, 0.15) is 0 Å². The second kappa shape index (κ2) is 5.48. The molecule has 4 bridgehead atoms. The van der Waals surface area contributed by atoms with Gasteiger partial charge in [-0.25, -0.2) is 0 Å². The van der Waals surface area contributed by atoms with E-state index in [2.05, 4.69) is 11.9 Å². The molecule has 4 aliphatic carbocycles. The molecule has 0 spiro atoms. The van der Waals surface area contributed by atoms with Crippen molar-refractivity contribution in [3.63, 3.8) is 0 Å². The highest BCUT2D eigenvalue weighted by Gasteiger charge is 2.55. The number of ether oxygens (including phenoxy) is 1. The van der Waals surface area contributed by atoms with Crippen LogP contribution < -0.4 is 0 Å². The van der Waals surface area contributed by atoms with Gasteiger partial charge in [0, 0.05) is 26.7 Å². The first kappa shape index (κ1) is 14.9. The highest BCUT2D eigenvalue weighted by molar-refractivity contribution is 5.83. The van der Waals surface area contributed by atoms with Crippen LogP contribution in [0.5, 0.6) is 0 Å². The van der Waals surface area contributed by atoms with Gasteiger partial charge >= 0.3 is 0 Å². The second-order valence-corrected chi connectivity index (χ2v) is 8.64. The van der Waals surface area contributed by atoms with Crippen LogP contribution in [-0.4, -0.2) is 62.1 Å². The lowest BCUT2D eigenvalue weighted by Crippen LogP contribution is -2.55. The third-order valence-electron chi connectivity index (χ3n) is 6.66. The molecule has 5 aliphatic rings. The molecule has 1 saturated heterocycles. The number of hydrogen-bond acceptors (Lipinski definition) is 3. The number of likely N-dealkylation sites (N-methyl/N-ethyl adjacent to an activating group) is 2. The van der Waals surface area contributed by atoms with E-state index in [1.54, 1.807) is 0 Å². The average molecular weight is 306 g/mol. The fourth-order valence-corrected chi connectivity index (χ4v) is 6.14. The molecular weight excluding hydrogens is 276 g/mol. The van der Waals surface area contributed by atoms with Crippen molar-refractivity contribution in [1.82, 2.24) is 9.80 Å². The van der Waals surface area contributed by atoms with Crippen LogP contribution in [0.1, 0.15) is 38.5 Å². The second-order valence-electron chi connectivity index (χ2n) is 8.64. The van der Waals surface area contributed by atoms with E-state index in [1.165, 1.54) is 19.3 Å². The van der Waals surface area contributed by atoms with Crippen LogP contribution in [0.25, 0.3) is 0 Å². The standard InChI is InChI=1S/C18H30N2O2/c1-19-3-4-22-16(11-19)12-20(2)17(21)18-8-13-5-14(9-18)7-15(6-13)10-18/h13-16H,3-12H2,1-2H3. The van der Waals surface area contributed by atoms with E-state index in [4.69, 9.17) is 4.74 Å². The van der Waals surface area contributed by atoms with Crippen molar-refractivity contribution in [2.75, 3.05) is 40.3 Å². The largest absolute Gasteiger partial charge is 0.374 e. The van der Waals surface area contributed by atoms with Crippen molar-refractivity contribution in [1.29, 1.82) is 0 Å². The van der Waals surface area contributed by atoms with Crippen LogP contribution in [-0.2, 0) is 9.53 Å². The zero-order valence-electron chi connectivity index (χ0n) is 14.1. The van der Waals surface area contributed by atoms with Crippen LogP contribution in [0.15, 0.2) is 0 Å². The van der Waals surface area contributed by atoms with Gasteiger partial charge in [-0.05, 0) is 63.3 Å². The summed E-state index contributed by atoms with van der Waals surface area (Å²) in [6, 6.07) is 0. The Balaban J connectivity index is 1.42. The molecule has 22 heavy (non-hydrogen) atoms. The number of hydrogen-bond donors (Lipinski definition) is 0. The molecule has 0 aromatic carbocycles. The minimum atomic E-state index is -0.00985. The van der Waals surface area contributed by atoms with E-state index < -0.39 is 0 Å². The molecule has 4 nitrogen and oxygen atoms in total. The third-order valence-corrected chi connectivity index (χ3v) is 6.66. The van der Waals surface area contributed by atoms with E-state index in [0.29, 0.717) is 5.91 Å². The Hall–Kier alpha value is -0.610. The highest BCUT2D eigenvalue weighted by Crippen LogP contribution is 2.60. The van der Waals surface area contributed by atoms with E-state index in [9.17, 15) is 4.79 Å². The summed E-state index contributed by atoms with van der Waals surface area (Å²) in [5.74, 6) is 2.92. The molecule has 1 amide bonds. The predicted octanol–water partition coefficient (Wildman–Crippen LogP) is 1.99. The lowest BCUT2D eigenvalue weighted by molar-refractivity contribution is -0.158. The molecule has 0 N–H and O–H groups in total. The molecule has 124 valence electrons. The Labute approximate surface area is 134 Å². The van der Waals surface area contributed by atoms with Gasteiger partial charge in [0.25, 0.3) is 0 Å². The Morgan fingerprint density at radius 2 is 1.77 bits per heavy atom. The third kappa shape index (κ3) is 2.58. The minimum Gasteiger partial charge on any atom is -0.374 e. The fourth-order valence-electron chi connectivity index (χ4n) is 6.14. The smallest absolute Gasteiger partial charge is 0.228 e. The van der Waals surface area contributed by atoms with Gasteiger partial charge in [-0.1, -0.05) is 0 Å². The van der Waals surface area contributed by atoms with Crippen molar-refractivity contribution >= 4 is 5.91 Å². The Morgan fingerprint density at radius 3 is 2.32 bits per heavy atom. The van der Waals surface area contributed by atoms with E-state index in [-0.39, 0.29) is 11.5 Å². The lowest BCUT2D eigenvalue weighted by atomic mass is 9.49.